The Balaban J connectivity index is 2.62. The maximum absolute atomic E-state index is 13.7. The van der Waals surface area contributed by atoms with E-state index in [9.17, 15) is 16.1 Å². The summed E-state index contributed by atoms with van der Waals surface area (Å²) in [4.78, 5) is 25.8. The molecule has 7 heteroatoms. The molecule has 3 rings (SSSR count). The fraction of sp³-hybridized carbons (Fsp3) is 0.556. The third-order valence-electron chi connectivity index (χ3n) is 3.52. The molecule has 0 bridgehead atoms. The Morgan fingerprint density at radius 2 is 2.28 bits per heavy atom. The Hall–Kier alpha value is -1.79. The Kier molecular flexibility index (Phi) is 2.04. The number of nitrogens with zero attached hydrogens (tertiary/aromatic N) is 2. The molecule has 1 aromatic rings. The molecule has 2 heterocycles. The van der Waals surface area contributed by atoms with Gasteiger partial charge < -0.3 is 15.3 Å². The lowest BCUT2D eigenvalue weighted by molar-refractivity contribution is -0.122. The number of halogens is 1. The highest BCUT2D eigenvalue weighted by Gasteiger charge is 2.57. The van der Waals surface area contributed by atoms with Gasteiger partial charge in [0.1, 0.15) is 11.7 Å². The van der Waals surface area contributed by atoms with Crippen molar-refractivity contribution in [2.45, 2.75) is 50.7 Å². The summed E-state index contributed by atoms with van der Waals surface area (Å²) in [6, 6.07) is -2.47. The lowest BCUT2D eigenvalue weighted by Crippen LogP contribution is -2.66. The molecule has 0 saturated carbocycles. The SMILES string of the molecule is [2H]c1c(Cl)ccc(C2([2H])C(=O)N([2H])C3(N2C(C)(C)C)C([2H])([2H])N(C(=O)O)C([2H])([2H])C([2H])([2H])C3([2H])[2H])c1[2H]. The van der Waals surface area contributed by atoms with E-state index in [0.717, 1.165) is 12.1 Å². The van der Waals surface area contributed by atoms with Gasteiger partial charge in [0.05, 0.1) is 13.4 Å². The Labute approximate surface area is 169 Å². The quantitative estimate of drug-likeness (QED) is 0.788. The van der Waals surface area contributed by atoms with Crippen LogP contribution in [0.2, 0.25) is 6.43 Å². The number of carbonyl (C=O) groups is 2. The van der Waals surface area contributed by atoms with E-state index >= 15 is 0 Å². The molecule has 2 unspecified atom stereocenters. The number of likely N-dealkylation sites (tertiary alicyclic amines) is 1. The molecular formula is C18H24ClN3O3. The second-order valence-electron chi connectivity index (χ2n) is 6.38. The Bertz CT molecular complexity index is 1190. The molecular weight excluding hydrogens is 342 g/mol. The minimum Gasteiger partial charge on any atom is -0.465 e. The summed E-state index contributed by atoms with van der Waals surface area (Å²) in [7, 11) is 0. The molecule has 0 radical (unpaired) electrons. The number of benzene rings is 1. The zero-order chi connectivity index (χ0) is 29.1. The average molecular weight is 378 g/mol. The molecule has 0 aromatic heterocycles. The molecule has 0 aliphatic carbocycles. The summed E-state index contributed by atoms with van der Waals surface area (Å²) in [6.45, 7) is -3.96. The first-order valence-corrected chi connectivity index (χ1v) is 7.65. The van der Waals surface area contributed by atoms with Gasteiger partial charge in [-0.1, -0.05) is 23.7 Å². The van der Waals surface area contributed by atoms with Crippen LogP contribution in [0.4, 0.5) is 4.79 Å². The van der Waals surface area contributed by atoms with E-state index in [4.69, 9.17) is 26.7 Å². The lowest BCUT2D eigenvalue weighted by atomic mass is 9.90. The molecule has 2 aliphatic rings. The van der Waals surface area contributed by atoms with E-state index in [1.807, 2.05) is 0 Å². The number of rotatable bonds is 1. The average Bonchev–Trinajstić information content (AvgIpc) is 2.90. The van der Waals surface area contributed by atoms with Gasteiger partial charge in [0.2, 0.25) is 5.91 Å². The van der Waals surface area contributed by atoms with Gasteiger partial charge in [0, 0.05) is 25.3 Å². The third-order valence-corrected chi connectivity index (χ3v) is 3.74. The Morgan fingerprint density at radius 3 is 2.92 bits per heavy atom. The van der Waals surface area contributed by atoms with Gasteiger partial charge in [-0.25, -0.2) is 4.79 Å². The van der Waals surface area contributed by atoms with Gasteiger partial charge in [-0.15, -0.1) is 0 Å². The number of amides is 2. The molecule has 6 nitrogen and oxygen atoms in total. The Morgan fingerprint density at radius 1 is 1.56 bits per heavy atom. The van der Waals surface area contributed by atoms with Crippen molar-refractivity contribution in [1.82, 2.24) is 15.1 Å². The van der Waals surface area contributed by atoms with Crippen molar-refractivity contribution in [3.05, 3.63) is 34.8 Å². The van der Waals surface area contributed by atoms with Crippen molar-refractivity contribution >= 4 is 23.6 Å². The van der Waals surface area contributed by atoms with Crippen LogP contribution in [-0.4, -0.2) is 51.1 Å². The molecule has 2 amide bonds. The molecule has 2 fully saturated rings. The number of nitrogens with one attached hydrogen (secondary N) is 1. The summed E-state index contributed by atoms with van der Waals surface area (Å²) in [5, 5.41) is 9.20. The van der Waals surface area contributed by atoms with Crippen LogP contribution in [0.3, 0.4) is 0 Å². The van der Waals surface area contributed by atoms with E-state index in [2.05, 4.69) is 0 Å². The van der Waals surface area contributed by atoms with Crippen LogP contribution in [0, 0.1) is 0 Å². The van der Waals surface area contributed by atoms with Crippen molar-refractivity contribution in [1.29, 1.82) is 0 Å². The summed E-state index contributed by atoms with van der Waals surface area (Å²) >= 11 is 5.89. The zero-order valence-corrected chi connectivity index (χ0v) is 14.4. The fourth-order valence-electron chi connectivity index (χ4n) is 2.71. The first-order chi connectivity index (χ1) is 16.3. The predicted molar refractivity (Wildman–Crippen MR) is 95.5 cm³/mol. The standard InChI is InChI=1S/C18H24ClN3O3/c1-17(2,3)22-14(12-5-7-13(19)8-6-12)15(23)20-18(22)9-4-10-21(11-18)16(24)25/h5-8,14H,4,9-11H2,1-3H3,(H,20,23)(H,24,25)/i4D2,5D,7D,9D2,10D2,11D2,14D/hD. The van der Waals surface area contributed by atoms with Crippen molar-refractivity contribution < 1.29 is 31.2 Å². The smallest absolute Gasteiger partial charge is 0.407 e. The van der Waals surface area contributed by atoms with E-state index in [0.29, 0.717) is 4.90 Å². The highest BCUT2D eigenvalue weighted by Crippen LogP contribution is 2.43. The van der Waals surface area contributed by atoms with Crippen LogP contribution in [0.5, 0.6) is 0 Å². The van der Waals surface area contributed by atoms with Crippen LogP contribution < -0.4 is 5.31 Å². The van der Waals surface area contributed by atoms with Gasteiger partial charge in [-0.2, -0.15) is 0 Å². The summed E-state index contributed by atoms with van der Waals surface area (Å²) in [5.74, 6) is -1.69. The normalized spacial score (nSPS) is 46.0. The highest BCUT2D eigenvalue weighted by molar-refractivity contribution is 6.30. The van der Waals surface area contributed by atoms with Crippen LogP contribution in [0.15, 0.2) is 24.2 Å². The summed E-state index contributed by atoms with van der Waals surface area (Å²) in [6.07, 6.45) is -10.2. The van der Waals surface area contributed by atoms with Crippen LogP contribution in [0.1, 0.15) is 60.2 Å². The second kappa shape index (κ2) is 6.18. The molecule has 25 heavy (non-hydrogen) atoms. The molecule has 1 aromatic carbocycles. The first-order valence-electron chi connectivity index (χ1n) is 13.2. The maximum atomic E-state index is 13.7. The van der Waals surface area contributed by atoms with Crippen molar-refractivity contribution in [3.63, 3.8) is 0 Å². The van der Waals surface area contributed by atoms with Gasteiger partial charge in [0.15, 0.2) is 1.41 Å². The van der Waals surface area contributed by atoms with Crippen molar-refractivity contribution in [2.24, 2.45) is 0 Å². The second-order valence-corrected chi connectivity index (χ2v) is 6.79. The van der Waals surface area contributed by atoms with Crippen LogP contribution in [0.25, 0.3) is 0 Å². The zero-order valence-electron chi connectivity index (χ0n) is 25.6. The number of piperidine rings is 1. The van der Waals surface area contributed by atoms with E-state index in [-0.39, 0.29) is 10.3 Å². The third kappa shape index (κ3) is 3.20. The number of carboxylic acid groups (broad SMARTS) is 1. The van der Waals surface area contributed by atoms with E-state index < -0.39 is 77.5 Å². The number of hydrogen-bond donors (Lipinski definition) is 2. The monoisotopic (exact) mass is 377 g/mol. The highest BCUT2D eigenvalue weighted by atomic mass is 35.5. The van der Waals surface area contributed by atoms with Crippen molar-refractivity contribution in [2.75, 3.05) is 13.0 Å². The van der Waals surface area contributed by atoms with Gasteiger partial charge in [0.25, 0.3) is 0 Å². The molecule has 2 aliphatic heterocycles. The van der Waals surface area contributed by atoms with Crippen LogP contribution >= 0.6 is 11.6 Å². The minimum absolute atomic E-state index is 0.243. The van der Waals surface area contributed by atoms with Crippen molar-refractivity contribution in [3.8, 4) is 0 Å². The van der Waals surface area contributed by atoms with Gasteiger partial charge in [-0.05, 0) is 51.2 Å². The molecule has 2 saturated heterocycles. The molecule has 2 atom stereocenters. The van der Waals surface area contributed by atoms with E-state index in [1.165, 1.54) is 20.8 Å². The number of hydrogen-bond acceptors (Lipinski definition) is 3. The van der Waals surface area contributed by atoms with E-state index in [1.54, 1.807) is 0 Å². The first kappa shape index (κ1) is 8.27. The molecule has 2 N–H and O–H groups in total. The molecule has 136 valence electrons. The van der Waals surface area contributed by atoms with Crippen LogP contribution in [-0.2, 0) is 4.79 Å². The maximum Gasteiger partial charge on any atom is 0.407 e. The summed E-state index contributed by atoms with van der Waals surface area (Å²) < 4.78 is 102. The topological polar surface area (TPSA) is 72.9 Å². The minimum atomic E-state index is -3.90. The van der Waals surface area contributed by atoms with Gasteiger partial charge >= 0.3 is 6.09 Å². The van der Waals surface area contributed by atoms with Gasteiger partial charge in [-0.3, -0.25) is 9.69 Å². The largest absolute Gasteiger partial charge is 0.465 e. The molecule has 1 spiro atoms. The lowest BCUT2D eigenvalue weighted by Gasteiger charge is -2.50. The predicted octanol–water partition coefficient (Wildman–Crippen LogP) is 3.08. The fourth-order valence-corrected chi connectivity index (χ4v) is 2.82. The number of carbonyl (C=O) groups excluding carboxylic acids is 1. The summed E-state index contributed by atoms with van der Waals surface area (Å²) in [5.41, 5.74) is -6.00.